The molecule has 0 spiro atoms. The second kappa shape index (κ2) is 8.36. The number of halogens is 1. The molecular formula is C23H26ClN3O. The molecule has 28 heavy (non-hydrogen) atoms. The lowest BCUT2D eigenvalue weighted by atomic mass is 9.88. The van der Waals surface area contributed by atoms with E-state index in [4.69, 9.17) is 16.6 Å². The van der Waals surface area contributed by atoms with Crippen molar-refractivity contribution >= 4 is 28.5 Å². The summed E-state index contributed by atoms with van der Waals surface area (Å²) >= 11 is 6.03. The quantitative estimate of drug-likeness (QED) is 0.620. The molecule has 0 bridgehead atoms. The zero-order valence-corrected chi connectivity index (χ0v) is 17.0. The molecule has 1 saturated carbocycles. The molecule has 0 radical (unpaired) electrons. The molecule has 1 atom stereocenters. The van der Waals surface area contributed by atoms with Gasteiger partial charge < -0.3 is 9.88 Å². The van der Waals surface area contributed by atoms with Crippen molar-refractivity contribution in [2.24, 2.45) is 5.92 Å². The smallest absolute Gasteiger partial charge is 0.223 e. The van der Waals surface area contributed by atoms with E-state index in [1.165, 1.54) is 6.42 Å². The van der Waals surface area contributed by atoms with Crippen LogP contribution in [0.4, 0.5) is 0 Å². The van der Waals surface area contributed by atoms with Crippen molar-refractivity contribution in [1.29, 1.82) is 0 Å². The van der Waals surface area contributed by atoms with Gasteiger partial charge in [0.15, 0.2) is 0 Å². The molecule has 5 heteroatoms. The molecule has 146 valence electrons. The molecule has 1 aliphatic rings. The number of carbonyl (C=O) groups is 1. The minimum atomic E-state index is -0.144. The maximum absolute atomic E-state index is 12.7. The van der Waals surface area contributed by atoms with E-state index in [0.717, 1.165) is 53.1 Å². The monoisotopic (exact) mass is 395 g/mol. The molecule has 4 rings (SSSR count). The van der Waals surface area contributed by atoms with Gasteiger partial charge in [0, 0.05) is 17.5 Å². The van der Waals surface area contributed by atoms with Gasteiger partial charge in [-0.2, -0.15) is 0 Å². The van der Waals surface area contributed by atoms with Crippen molar-refractivity contribution in [3.8, 4) is 0 Å². The number of amides is 1. The van der Waals surface area contributed by atoms with Crippen LogP contribution >= 0.6 is 11.6 Å². The Morgan fingerprint density at radius 3 is 2.61 bits per heavy atom. The van der Waals surface area contributed by atoms with Crippen molar-refractivity contribution in [3.05, 3.63) is 64.9 Å². The standard InChI is InChI=1S/C23H26ClN3O/c1-16(25-23(28)18-7-3-2-4-8-18)22-26-20-9-5-6-10-21(20)27(22)15-17-11-13-19(24)14-12-17/h5-6,9-14,16,18H,2-4,7-8,15H2,1H3,(H,25,28). The first-order valence-electron chi connectivity index (χ1n) is 10.1. The number of nitrogens with one attached hydrogen (secondary N) is 1. The first kappa shape index (κ1) is 19.0. The van der Waals surface area contributed by atoms with E-state index in [-0.39, 0.29) is 17.9 Å². The molecule has 3 aromatic rings. The average molecular weight is 396 g/mol. The Bertz CT molecular complexity index is 958. The number of hydrogen-bond donors (Lipinski definition) is 1. The average Bonchev–Trinajstić information content (AvgIpc) is 3.09. The third kappa shape index (κ3) is 4.07. The summed E-state index contributed by atoms with van der Waals surface area (Å²) in [6, 6.07) is 15.9. The van der Waals surface area contributed by atoms with Crippen LogP contribution in [-0.2, 0) is 11.3 Å². The van der Waals surface area contributed by atoms with Crippen molar-refractivity contribution in [2.45, 2.75) is 51.6 Å². The van der Waals surface area contributed by atoms with E-state index in [1.807, 2.05) is 49.4 Å². The molecule has 1 fully saturated rings. The summed E-state index contributed by atoms with van der Waals surface area (Å²) in [5, 5.41) is 3.95. The van der Waals surface area contributed by atoms with Crippen LogP contribution in [0, 0.1) is 5.92 Å². The molecular weight excluding hydrogens is 370 g/mol. The van der Waals surface area contributed by atoms with Gasteiger partial charge in [-0.25, -0.2) is 4.98 Å². The number of fused-ring (bicyclic) bond motifs is 1. The number of imidazole rings is 1. The fraction of sp³-hybridized carbons (Fsp3) is 0.391. The van der Waals surface area contributed by atoms with E-state index in [1.54, 1.807) is 0 Å². The van der Waals surface area contributed by atoms with Crippen LogP contribution in [0.1, 0.15) is 56.5 Å². The van der Waals surface area contributed by atoms with Crippen LogP contribution < -0.4 is 5.32 Å². The fourth-order valence-electron chi connectivity index (χ4n) is 4.12. The summed E-state index contributed by atoms with van der Waals surface area (Å²) in [5.74, 6) is 1.20. The first-order valence-corrected chi connectivity index (χ1v) is 10.5. The Morgan fingerprint density at radius 2 is 1.86 bits per heavy atom. The van der Waals surface area contributed by atoms with Gasteiger partial charge in [-0.3, -0.25) is 4.79 Å². The molecule has 1 unspecified atom stereocenters. The fourth-order valence-corrected chi connectivity index (χ4v) is 4.25. The highest BCUT2D eigenvalue weighted by Crippen LogP contribution is 2.26. The Kier molecular flexibility index (Phi) is 5.67. The minimum Gasteiger partial charge on any atom is -0.346 e. The van der Waals surface area contributed by atoms with E-state index in [0.29, 0.717) is 6.54 Å². The van der Waals surface area contributed by atoms with E-state index in [2.05, 4.69) is 16.0 Å². The normalized spacial score (nSPS) is 16.2. The van der Waals surface area contributed by atoms with Crippen LogP contribution in [0.5, 0.6) is 0 Å². The van der Waals surface area contributed by atoms with Crippen molar-refractivity contribution in [1.82, 2.24) is 14.9 Å². The third-order valence-corrected chi connectivity index (χ3v) is 5.91. The highest BCUT2D eigenvalue weighted by molar-refractivity contribution is 6.30. The van der Waals surface area contributed by atoms with Crippen molar-refractivity contribution < 1.29 is 4.79 Å². The largest absolute Gasteiger partial charge is 0.346 e. The molecule has 1 aliphatic carbocycles. The number of carbonyl (C=O) groups excluding carboxylic acids is 1. The molecule has 1 aromatic heterocycles. The highest BCUT2D eigenvalue weighted by Gasteiger charge is 2.24. The second-order valence-electron chi connectivity index (χ2n) is 7.74. The summed E-state index contributed by atoms with van der Waals surface area (Å²) < 4.78 is 2.20. The summed E-state index contributed by atoms with van der Waals surface area (Å²) in [6.07, 6.45) is 5.55. The highest BCUT2D eigenvalue weighted by atomic mass is 35.5. The SMILES string of the molecule is CC(NC(=O)C1CCCCC1)c1nc2ccccc2n1Cc1ccc(Cl)cc1. The Balaban J connectivity index is 1.61. The Morgan fingerprint density at radius 1 is 1.14 bits per heavy atom. The van der Waals surface area contributed by atoms with Gasteiger partial charge in [0.2, 0.25) is 5.91 Å². The van der Waals surface area contributed by atoms with Crippen LogP contribution in [-0.4, -0.2) is 15.5 Å². The zero-order chi connectivity index (χ0) is 19.5. The predicted octanol–water partition coefficient (Wildman–Crippen LogP) is 5.50. The lowest BCUT2D eigenvalue weighted by Gasteiger charge is -2.23. The number of rotatable bonds is 5. The number of para-hydroxylation sites is 2. The molecule has 0 aliphatic heterocycles. The molecule has 4 nitrogen and oxygen atoms in total. The van der Waals surface area contributed by atoms with Crippen LogP contribution in [0.15, 0.2) is 48.5 Å². The molecule has 1 amide bonds. The van der Waals surface area contributed by atoms with E-state index >= 15 is 0 Å². The molecule has 1 N–H and O–H groups in total. The number of benzene rings is 2. The zero-order valence-electron chi connectivity index (χ0n) is 16.2. The van der Waals surface area contributed by atoms with Gasteiger partial charge in [-0.05, 0) is 49.6 Å². The van der Waals surface area contributed by atoms with Crippen molar-refractivity contribution in [3.63, 3.8) is 0 Å². The van der Waals surface area contributed by atoms with E-state index < -0.39 is 0 Å². The third-order valence-electron chi connectivity index (χ3n) is 5.66. The lowest BCUT2D eigenvalue weighted by molar-refractivity contribution is -0.126. The molecule has 1 heterocycles. The van der Waals surface area contributed by atoms with Crippen molar-refractivity contribution in [2.75, 3.05) is 0 Å². The summed E-state index contributed by atoms with van der Waals surface area (Å²) in [5.41, 5.74) is 3.18. The van der Waals surface area contributed by atoms with Crippen LogP contribution in [0.3, 0.4) is 0 Å². The van der Waals surface area contributed by atoms with Gasteiger partial charge in [0.25, 0.3) is 0 Å². The number of hydrogen-bond acceptors (Lipinski definition) is 2. The van der Waals surface area contributed by atoms with Gasteiger partial charge >= 0.3 is 0 Å². The summed E-state index contributed by atoms with van der Waals surface area (Å²) in [6.45, 7) is 2.72. The van der Waals surface area contributed by atoms with Gasteiger partial charge in [0.1, 0.15) is 5.82 Å². The van der Waals surface area contributed by atoms with Gasteiger partial charge in [0.05, 0.1) is 17.1 Å². The summed E-state index contributed by atoms with van der Waals surface area (Å²) in [4.78, 5) is 17.6. The minimum absolute atomic E-state index is 0.144. The summed E-state index contributed by atoms with van der Waals surface area (Å²) in [7, 11) is 0. The molecule has 0 saturated heterocycles. The van der Waals surface area contributed by atoms with Crippen LogP contribution in [0.25, 0.3) is 11.0 Å². The topological polar surface area (TPSA) is 46.9 Å². The number of nitrogens with zero attached hydrogens (tertiary/aromatic N) is 2. The van der Waals surface area contributed by atoms with Crippen LogP contribution in [0.2, 0.25) is 5.02 Å². The number of aromatic nitrogens is 2. The molecule has 2 aromatic carbocycles. The van der Waals surface area contributed by atoms with Gasteiger partial charge in [-0.15, -0.1) is 0 Å². The van der Waals surface area contributed by atoms with Gasteiger partial charge in [-0.1, -0.05) is 55.1 Å². The maximum atomic E-state index is 12.7. The predicted molar refractivity (Wildman–Crippen MR) is 113 cm³/mol. The Hall–Kier alpha value is -2.33. The Labute approximate surface area is 170 Å². The first-order chi connectivity index (χ1) is 13.6. The maximum Gasteiger partial charge on any atom is 0.223 e. The lowest BCUT2D eigenvalue weighted by Crippen LogP contribution is -2.35. The second-order valence-corrected chi connectivity index (χ2v) is 8.17. The van der Waals surface area contributed by atoms with E-state index in [9.17, 15) is 4.79 Å².